The monoisotopic (exact) mass is 129 g/mol. The second-order valence-electron chi connectivity index (χ2n) is 3.17. The van der Waals surface area contributed by atoms with Crippen LogP contribution in [0, 0.1) is 18.8 Å². The fraction of sp³-hybridized carbons (Fsp3) is 0.875. The van der Waals surface area contributed by atoms with Gasteiger partial charge in [-0.25, -0.2) is 4.39 Å². The van der Waals surface area contributed by atoms with E-state index < -0.39 is 6.17 Å². The van der Waals surface area contributed by atoms with Gasteiger partial charge in [0.15, 0.2) is 0 Å². The average Bonchev–Trinajstić information content (AvgIpc) is 1.80. The van der Waals surface area contributed by atoms with Gasteiger partial charge in [0.05, 0.1) is 0 Å². The molecule has 0 heterocycles. The molecule has 0 aromatic rings. The zero-order valence-corrected chi connectivity index (χ0v) is 5.94. The van der Waals surface area contributed by atoms with E-state index in [1.807, 2.05) is 6.92 Å². The Morgan fingerprint density at radius 3 is 2.56 bits per heavy atom. The Bertz CT molecular complexity index is 90.6. The highest BCUT2D eigenvalue weighted by Gasteiger charge is 2.24. The molecule has 1 fully saturated rings. The second-order valence-corrected chi connectivity index (χ2v) is 3.17. The van der Waals surface area contributed by atoms with Gasteiger partial charge in [0.2, 0.25) is 0 Å². The van der Waals surface area contributed by atoms with E-state index in [9.17, 15) is 4.39 Å². The van der Waals surface area contributed by atoms with Crippen LogP contribution in [-0.4, -0.2) is 6.17 Å². The van der Waals surface area contributed by atoms with Crippen LogP contribution in [0.15, 0.2) is 0 Å². The molecule has 53 valence electrons. The standard InChI is InChI=1S/C8H14F/c1-6-3-4-8(9)7(2)5-6/h6-8H,1,3-5H2,2H3. The molecule has 0 aliphatic heterocycles. The molecule has 0 spiro atoms. The van der Waals surface area contributed by atoms with Crippen LogP contribution in [0.3, 0.4) is 0 Å². The van der Waals surface area contributed by atoms with Crippen LogP contribution in [-0.2, 0) is 0 Å². The molecule has 0 bridgehead atoms. The summed E-state index contributed by atoms with van der Waals surface area (Å²) in [5.41, 5.74) is 0. The van der Waals surface area contributed by atoms with Gasteiger partial charge in [-0.2, -0.15) is 0 Å². The zero-order chi connectivity index (χ0) is 6.85. The molecule has 0 aromatic heterocycles. The molecule has 1 aliphatic carbocycles. The lowest BCUT2D eigenvalue weighted by molar-refractivity contribution is 0.156. The van der Waals surface area contributed by atoms with Crippen LogP contribution in [0.2, 0.25) is 0 Å². The molecule has 0 amide bonds. The first-order valence-corrected chi connectivity index (χ1v) is 3.67. The van der Waals surface area contributed by atoms with Crippen LogP contribution in [0.1, 0.15) is 26.2 Å². The molecule has 0 saturated heterocycles. The van der Waals surface area contributed by atoms with Gasteiger partial charge in [-0.1, -0.05) is 13.8 Å². The summed E-state index contributed by atoms with van der Waals surface area (Å²) in [5.74, 6) is 0.758. The Morgan fingerprint density at radius 1 is 1.44 bits per heavy atom. The number of hydrogen-bond acceptors (Lipinski definition) is 0. The summed E-state index contributed by atoms with van der Waals surface area (Å²) in [7, 11) is 0. The molecular formula is C8H14F. The minimum Gasteiger partial charge on any atom is -0.247 e. The van der Waals surface area contributed by atoms with Crippen molar-refractivity contribution in [3.8, 4) is 0 Å². The molecule has 3 atom stereocenters. The maximum absolute atomic E-state index is 12.7. The Kier molecular flexibility index (Phi) is 2.09. The van der Waals surface area contributed by atoms with E-state index in [4.69, 9.17) is 0 Å². The Hall–Kier alpha value is -0.0700. The lowest BCUT2D eigenvalue weighted by atomic mass is 9.82. The SMILES string of the molecule is [CH2]C1CCC(F)C(C)C1. The van der Waals surface area contributed by atoms with Crippen molar-refractivity contribution in [2.24, 2.45) is 11.8 Å². The van der Waals surface area contributed by atoms with Gasteiger partial charge in [-0.15, -0.1) is 0 Å². The first kappa shape index (κ1) is 7.04. The molecule has 1 saturated carbocycles. The third-order valence-electron chi connectivity index (χ3n) is 2.17. The van der Waals surface area contributed by atoms with Gasteiger partial charge in [0, 0.05) is 0 Å². The number of rotatable bonds is 0. The molecular weight excluding hydrogens is 115 g/mol. The summed E-state index contributed by atoms with van der Waals surface area (Å²) in [4.78, 5) is 0. The molecule has 0 nitrogen and oxygen atoms in total. The summed E-state index contributed by atoms with van der Waals surface area (Å²) in [6.07, 6.45) is 2.13. The predicted octanol–water partition coefficient (Wildman–Crippen LogP) is 2.59. The smallest absolute Gasteiger partial charge is 0.103 e. The topological polar surface area (TPSA) is 0 Å². The van der Waals surface area contributed by atoms with E-state index in [2.05, 4.69) is 6.92 Å². The molecule has 1 heteroatoms. The van der Waals surface area contributed by atoms with E-state index >= 15 is 0 Å². The quantitative estimate of drug-likeness (QED) is 0.471. The molecule has 9 heavy (non-hydrogen) atoms. The minimum absolute atomic E-state index is 0.251. The van der Waals surface area contributed by atoms with Crippen molar-refractivity contribution in [3.05, 3.63) is 6.92 Å². The molecule has 0 aromatic carbocycles. The summed E-state index contributed by atoms with van der Waals surface area (Å²) in [6.45, 7) is 5.89. The third-order valence-corrected chi connectivity index (χ3v) is 2.17. The third kappa shape index (κ3) is 1.67. The van der Waals surface area contributed by atoms with Crippen molar-refractivity contribution >= 4 is 0 Å². The highest BCUT2D eigenvalue weighted by molar-refractivity contribution is 4.77. The van der Waals surface area contributed by atoms with Gasteiger partial charge in [-0.05, 0) is 31.1 Å². The molecule has 3 unspecified atom stereocenters. The van der Waals surface area contributed by atoms with E-state index in [1.54, 1.807) is 0 Å². The van der Waals surface area contributed by atoms with E-state index in [-0.39, 0.29) is 5.92 Å². The number of alkyl halides is 1. The van der Waals surface area contributed by atoms with Gasteiger partial charge < -0.3 is 0 Å². The molecule has 1 radical (unpaired) electrons. The maximum atomic E-state index is 12.7. The van der Waals surface area contributed by atoms with E-state index in [0.29, 0.717) is 5.92 Å². The van der Waals surface area contributed by atoms with Gasteiger partial charge in [-0.3, -0.25) is 0 Å². The van der Waals surface area contributed by atoms with Crippen LogP contribution in [0.25, 0.3) is 0 Å². The van der Waals surface area contributed by atoms with Crippen LogP contribution in [0.4, 0.5) is 4.39 Å². The summed E-state index contributed by atoms with van der Waals surface area (Å²) in [6, 6.07) is 0. The fourth-order valence-electron chi connectivity index (χ4n) is 1.47. The molecule has 1 rings (SSSR count). The van der Waals surface area contributed by atoms with Gasteiger partial charge in [0.1, 0.15) is 6.17 Å². The fourth-order valence-corrected chi connectivity index (χ4v) is 1.47. The summed E-state index contributed by atoms with van der Waals surface area (Å²) >= 11 is 0. The van der Waals surface area contributed by atoms with Crippen molar-refractivity contribution < 1.29 is 4.39 Å². The summed E-state index contributed by atoms with van der Waals surface area (Å²) in [5, 5.41) is 0. The predicted molar refractivity (Wildman–Crippen MR) is 36.8 cm³/mol. The first-order valence-electron chi connectivity index (χ1n) is 3.67. The highest BCUT2D eigenvalue weighted by atomic mass is 19.1. The average molecular weight is 129 g/mol. The van der Waals surface area contributed by atoms with Crippen LogP contribution < -0.4 is 0 Å². The molecule has 1 aliphatic rings. The van der Waals surface area contributed by atoms with Crippen LogP contribution in [0.5, 0.6) is 0 Å². The zero-order valence-electron chi connectivity index (χ0n) is 5.94. The Balaban J connectivity index is 2.35. The van der Waals surface area contributed by atoms with Crippen molar-refractivity contribution in [2.45, 2.75) is 32.4 Å². The summed E-state index contributed by atoms with van der Waals surface area (Å²) < 4.78 is 12.7. The van der Waals surface area contributed by atoms with E-state index in [1.165, 1.54) is 0 Å². The van der Waals surface area contributed by atoms with E-state index in [0.717, 1.165) is 19.3 Å². The molecule has 0 N–H and O–H groups in total. The van der Waals surface area contributed by atoms with Crippen LogP contribution >= 0.6 is 0 Å². The number of hydrogen-bond donors (Lipinski definition) is 0. The lowest BCUT2D eigenvalue weighted by Gasteiger charge is -2.26. The van der Waals surface area contributed by atoms with Crippen molar-refractivity contribution in [1.29, 1.82) is 0 Å². The van der Waals surface area contributed by atoms with Gasteiger partial charge in [0.25, 0.3) is 0 Å². The maximum Gasteiger partial charge on any atom is 0.103 e. The highest BCUT2D eigenvalue weighted by Crippen LogP contribution is 2.29. The lowest BCUT2D eigenvalue weighted by Crippen LogP contribution is -2.22. The van der Waals surface area contributed by atoms with Gasteiger partial charge >= 0.3 is 0 Å². The normalized spacial score (nSPS) is 45.0. The Labute approximate surface area is 56.5 Å². The largest absolute Gasteiger partial charge is 0.247 e. The Morgan fingerprint density at radius 2 is 2.11 bits per heavy atom. The van der Waals surface area contributed by atoms with Crippen molar-refractivity contribution in [3.63, 3.8) is 0 Å². The first-order chi connectivity index (χ1) is 4.20. The minimum atomic E-state index is -0.553. The van der Waals surface area contributed by atoms with Crippen molar-refractivity contribution in [2.75, 3.05) is 0 Å². The van der Waals surface area contributed by atoms with Crippen molar-refractivity contribution in [1.82, 2.24) is 0 Å². The number of halogens is 1. The second kappa shape index (κ2) is 2.68.